The number of piperidine rings is 1. The molecule has 0 bridgehead atoms. The van der Waals surface area contributed by atoms with Gasteiger partial charge in [-0.15, -0.1) is 0 Å². The van der Waals surface area contributed by atoms with Crippen molar-refractivity contribution >= 4 is 6.03 Å². The topological polar surface area (TPSA) is 58.4 Å². The third-order valence-corrected chi connectivity index (χ3v) is 2.77. The van der Waals surface area contributed by atoms with Crippen molar-refractivity contribution in [1.82, 2.24) is 14.5 Å². The number of carbonyl (C=O) groups excluding carboxylic acids is 1. The zero-order valence-corrected chi connectivity index (χ0v) is 8.54. The summed E-state index contributed by atoms with van der Waals surface area (Å²) in [6, 6.07) is -0.0503. The number of aliphatic hydroxyl groups excluding tert-OH is 1. The number of likely N-dealkylation sites (tertiary alicyclic amines) is 1. The van der Waals surface area contributed by atoms with Crippen molar-refractivity contribution in [1.29, 1.82) is 0 Å². The maximum absolute atomic E-state index is 11.9. The molecular formula is C10H15N3O2. The number of carbonyl (C=O) groups is 1. The van der Waals surface area contributed by atoms with Crippen LogP contribution >= 0.6 is 0 Å². The van der Waals surface area contributed by atoms with Crippen LogP contribution in [0, 0.1) is 5.92 Å². The van der Waals surface area contributed by atoms with Gasteiger partial charge in [-0.3, -0.25) is 4.57 Å². The molecule has 1 aliphatic rings. The van der Waals surface area contributed by atoms with Gasteiger partial charge in [-0.2, -0.15) is 0 Å². The fourth-order valence-electron chi connectivity index (χ4n) is 1.92. The molecule has 1 fully saturated rings. The molecule has 0 radical (unpaired) electrons. The number of rotatable bonds is 1. The van der Waals surface area contributed by atoms with Crippen molar-refractivity contribution in [2.45, 2.75) is 12.8 Å². The number of nitrogens with zero attached hydrogens (tertiary/aromatic N) is 3. The highest BCUT2D eigenvalue weighted by atomic mass is 16.3. The molecule has 15 heavy (non-hydrogen) atoms. The van der Waals surface area contributed by atoms with E-state index in [9.17, 15) is 4.79 Å². The van der Waals surface area contributed by atoms with Gasteiger partial charge in [-0.25, -0.2) is 9.78 Å². The molecular weight excluding hydrogens is 194 g/mol. The van der Waals surface area contributed by atoms with Gasteiger partial charge in [-0.1, -0.05) is 0 Å². The van der Waals surface area contributed by atoms with Gasteiger partial charge in [0.25, 0.3) is 0 Å². The molecule has 2 heterocycles. The molecule has 2 rings (SSSR count). The second-order valence-electron chi connectivity index (χ2n) is 3.89. The van der Waals surface area contributed by atoms with E-state index in [0.717, 1.165) is 19.4 Å². The van der Waals surface area contributed by atoms with E-state index in [1.165, 1.54) is 10.9 Å². The van der Waals surface area contributed by atoms with E-state index in [1.807, 2.05) is 0 Å². The Kier molecular flexibility index (Phi) is 3.01. The third-order valence-electron chi connectivity index (χ3n) is 2.77. The second-order valence-corrected chi connectivity index (χ2v) is 3.89. The summed E-state index contributed by atoms with van der Waals surface area (Å²) in [6.45, 7) is 1.58. The van der Waals surface area contributed by atoms with Gasteiger partial charge >= 0.3 is 6.03 Å². The minimum Gasteiger partial charge on any atom is -0.396 e. The summed E-state index contributed by atoms with van der Waals surface area (Å²) < 4.78 is 1.47. The average Bonchev–Trinajstić information content (AvgIpc) is 2.81. The van der Waals surface area contributed by atoms with Crippen LogP contribution in [0.5, 0.6) is 0 Å². The predicted octanol–water partition coefficient (Wildman–Crippen LogP) is 0.556. The van der Waals surface area contributed by atoms with E-state index in [-0.39, 0.29) is 18.6 Å². The minimum absolute atomic E-state index is 0.0503. The van der Waals surface area contributed by atoms with Crippen molar-refractivity contribution in [3.8, 4) is 0 Å². The molecule has 1 aromatic rings. The van der Waals surface area contributed by atoms with Gasteiger partial charge in [0.05, 0.1) is 0 Å². The van der Waals surface area contributed by atoms with Crippen LogP contribution in [-0.4, -0.2) is 45.3 Å². The molecule has 0 spiro atoms. The van der Waals surface area contributed by atoms with Gasteiger partial charge in [-0.05, 0) is 18.8 Å². The Balaban J connectivity index is 2.01. The Labute approximate surface area is 88.3 Å². The molecule has 0 aromatic carbocycles. The maximum Gasteiger partial charge on any atom is 0.329 e. The fraction of sp³-hybridized carbons (Fsp3) is 0.600. The number of hydrogen-bond donors (Lipinski definition) is 1. The predicted molar refractivity (Wildman–Crippen MR) is 54.4 cm³/mol. The number of aromatic nitrogens is 2. The Morgan fingerprint density at radius 2 is 2.47 bits per heavy atom. The van der Waals surface area contributed by atoms with Crippen molar-refractivity contribution in [2.24, 2.45) is 5.92 Å². The standard InChI is InChI=1S/C10H15N3O2/c14-7-9-2-1-4-12(6-9)10(15)13-5-3-11-8-13/h3,5,8-9,14H,1-2,4,6-7H2. The van der Waals surface area contributed by atoms with Crippen molar-refractivity contribution in [3.05, 3.63) is 18.7 Å². The first-order valence-electron chi connectivity index (χ1n) is 5.19. The van der Waals surface area contributed by atoms with Crippen LogP contribution in [-0.2, 0) is 0 Å². The van der Waals surface area contributed by atoms with Crippen molar-refractivity contribution < 1.29 is 9.90 Å². The van der Waals surface area contributed by atoms with Crippen LogP contribution < -0.4 is 0 Å². The Hall–Kier alpha value is -1.36. The quantitative estimate of drug-likeness (QED) is 0.735. The summed E-state index contributed by atoms with van der Waals surface area (Å²) in [5, 5.41) is 9.06. The first-order chi connectivity index (χ1) is 7.31. The maximum atomic E-state index is 11.9. The van der Waals surface area contributed by atoms with E-state index in [2.05, 4.69) is 4.98 Å². The third kappa shape index (κ3) is 2.18. The average molecular weight is 209 g/mol. The largest absolute Gasteiger partial charge is 0.396 e. The molecule has 1 aromatic heterocycles. The molecule has 1 unspecified atom stereocenters. The van der Waals surface area contributed by atoms with E-state index >= 15 is 0 Å². The van der Waals surface area contributed by atoms with Gasteiger partial charge in [0.2, 0.25) is 0 Å². The highest BCUT2D eigenvalue weighted by molar-refractivity contribution is 5.76. The van der Waals surface area contributed by atoms with Crippen LogP contribution in [0.2, 0.25) is 0 Å². The van der Waals surface area contributed by atoms with Crippen LogP contribution in [0.3, 0.4) is 0 Å². The minimum atomic E-state index is -0.0503. The molecule has 5 nitrogen and oxygen atoms in total. The van der Waals surface area contributed by atoms with Crippen molar-refractivity contribution in [3.63, 3.8) is 0 Å². The summed E-state index contributed by atoms with van der Waals surface area (Å²) >= 11 is 0. The Morgan fingerprint density at radius 3 is 3.13 bits per heavy atom. The molecule has 0 saturated carbocycles. The highest BCUT2D eigenvalue weighted by Crippen LogP contribution is 2.16. The zero-order chi connectivity index (χ0) is 10.7. The molecule has 1 amide bonds. The summed E-state index contributed by atoms with van der Waals surface area (Å²) in [5.41, 5.74) is 0. The highest BCUT2D eigenvalue weighted by Gasteiger charge is 2.23. The molecule has 82 valence electrons. The Morgan fingerprint density at radius 1 is 1.60 bits per heavy atom. The Bertz CT molecular complexity index is 323. The lowest BCUT2D eigenvalue weighted by Gasteiger charge is -2.31. The van der Waals surface area contributed by atoms with Crippen LogP contribution in [0.4, 0.5) is 4.79 Å². The van der Waals surface area contributed by atoms with E-state index in [4.69, 9.17) is 5.11 Å². The SMILES string of the molecule is O=C(N1CCCC(CO)C1)n1ccnc1. The molecule has 1 saturated heterocycles. The first-order valence-corrected chi connectivity index (χ1v) is 5.19. The van der Waals surface area contributed by atoms with Crippen LogP contribution in [0.25, 0.3) is 0 Å². The van der Waals surface area contributed by atoms with E-state index in [0.29, 0.717) is 6.54 Å². The summed E-state index contributed by atoms with van der Waals surface area (Å²) in [4.78, 5) is 17.5. The molecule has 1 atom stereocenters. The van der Waals surface area contributed by atoms with E-state index in [1.54, 1.807) is 17.3 Å². The van der Waals surface area contributed by atoms with Gasteiger partial charge in [0, 0.05) is 32.1 Å². The first kappa shape index (κ1) is 10.2. The summed E-state index contributed by atoms with van der Waals surface area (Å²) in [6.07, 6.45) is 6.71. The number of aliphatic hydroxyl groups is 1. The van der Waals surface area contributed by atoms with Crippen molar-refractivity contribution in [2.75, 3.05) is 19.7 Å². The number of amides is 1. The van der Waals surface area contributed by atoms with E-state index < -0.39 is 0 Å². The molecule has 1 N–H and O–H groups in total. The monoisotopic (exact) mass is 209 g/mol. The van der Waals surface area contributed by atoms with Gasteiger partial charge in [0.1, 0.15) is 6.33 Å². The van der Waals surface area contributed by atoms with Gasteiger partial charge < -0.3 is 10.0 Å². The zero-order valence-electron chi connectivity index (χ0n) is 8.54. The van der Waals surface area contributed by atoms with Gasteiger partial charge in [0.15, 0.2) is 0 Å². The fourth-order valence-corrected chi connectivity index (χ4v) is 1.92. The molecule has 0 aliphatic carbocycles. The molecule has 5 heteroatoms. The summed E-state index contributed by atoms with van der Waals surface area (Å²) in [5.74, 6) is 0.228. The number of hydrogen-bond acceptors (Lipinski definition) is 3. The van der Waals surface area contributed by atoms with Crippen LogP contribution in [0.15, 0.2) is 18.7 Å². The smallest absolute Gasteiger partial charge is 0.329 e. The second kappa shape index (κ2) is 4.44. The lowest BCUT2D eigenvalue weighted by molar-refractivity contribution is 0.130. The molecule has 1 aliphatic heterocycles. The number of imidazole rings is 1. The normalized spacial score (nSPS) is 21.7. The lowest BCUT2D eigenvalue weighted by Crippen LogP contribution is -2.42. The van der Waals surface area contributed by atoms with Crippen LogP contribution in [0.1, 0.15) is 12.8 Å². The lowest BCUT2D eigenvalue weighted by atomic mass is 9.99. The summed E-state index contributed by atoms with van der Waals surface area (Å²) in [7, 11) is 0.